The van der Waals surface area contributed by atoms with Crippen molar-refractivity contribution < 1.29 is 9.59 Å². The molecule has 0 aromatic heterocycles. The van der Waals surface area contributed by atoms with E-state index in [4.69, 9.17) is 0 Å². The van der Waals surface area contributed by atoms with Crippen LogP contribution in [0.4, 0.5) is 5.69 Å². The van der Waals surface area contributed by atoms with Crippen molar-refractivity contribution in [3.05, 3.63) is 65.2 Å². The van der Waals surface area contributed by atoms with Crippen molar-refractivity contribution in [3.63, 3.8) is 0 Å². The predicted molar refractivity (Wildman–Crippen MR) is 118 cm³/mol. The number of hydrogen-bond donors (Lipinski definition) is 1. The van der Waals surface area contributed by atoms with Crippen LogP contribution in [0.25, 0.3) is 0 Å². The van der Waals surface area contributed by atoms with E-state index in [9.17, 15) is 9.59 Å². The Morgan fingerprint density at radius 3 is 2.24 bits per heavy atom. The van der Waals surface area contributed by atoms with E-state index in [1.165, 1.54) is 5.56 Å². The van der Waals surface area contributed by atoms with Gasteiger partial charge in [0, 0.05) is 30.6 Å². The first-order valence-corrected chi connectivity index (χ1v) is 10.7. The van der Waals surface area contributed by atoms with Crippen LogP contribution >= 0.6 is 0 Å². The van der Waals surface area contributed by atoms with Gasteiger partial charge in [0.05, 0.1) is 0 Å². The lowest BCUT2D eigenvalue weighted by Gasteiger charge is -2.31. The average Bonchev–Trinajstić information content (AvgIpc) is 2.75. The van der Waals surface area contributed by atoms with Gasteiger partial charge in [0.15, 0.2) is 0 Å². The van der Waals surface area contributed by atoms with Crippen LogP contribution in [0.5, 0.6) is 0 Å². The van der Waals surface area contributed by atoms with Crippen LogP contribution in [0, 0.1) is 25.7 Å². The molecule has 0 atom stereocenters. The van der Waals surface area contributed by atoms with E-state index in [1.54, 1.807) is 0 Å². The first-order chi connectivity index (χ1) is 14.0. The molecular weight excluding hydrogens is 360 g/mol. The third kappa shape index (κ3) is 5.26. The molecule has 154 valence electrons. The molecule has 0 unspecified atom stereocenters. The molecule has 0 radical (unpaired) electrons. The molecule has 1 N–H and O–H groups in total. The van der Waals surface area contributed by atoms with Gasteiger partial charge in [-0.05, 0) is 69.2 Å². The molecule has 0 saturated heterocycles. The van der Waals surface area contributed by atoms with Crippen molar-refractivity contribution in [2.45, 2.75) is 53.0 Å². The monoisotopic (exact) mass is 392 g/mol. The van der Waals surface area contributed by atoms with E-state index in [0.29, 0.717) is 13.1 Å². The Morgan fingerprint density at radius 2 is 1.59 bits per heavy atom. The van der Waals surface area contributed by atoms with E-state index in [2.05, 4.69) is 30.4 Å². The molecule has 1 aliphatic carbocycles. The maximum Gasteiger partial charge on any atom is 0.227 e. The molecule has 4 nitrogen and oxygen atoms in total. The molecule has 3 rings (SSSR count). The fourth-order valence-corrected chi connectivity index (χ4v) is 4.13. The first-order valence-electron chi connectivity index (χ1n) is 10.7. The van der Waals surface area contributed by atoms with E-state index in [0.717, 1.165) is 42.5 Å². The van der Waals surface area contributed by atoms with Gasteiger partial charge in [0.2, 0.25) is 11.8 Å². The second-order valence-corrected chi connectivity index (χ2v) is 8.12. The van der Waals surface area contributed by atoms with Gasteiger partial charge in [-0.3, -0.25) is 9.59 Å². The SMILES string of the molecule is CCN(Cc1ccccc1)C(=O)C1CCC(C(=O)Nc2cccc(C)c2C)CC1. The van der Waals surface area contributed by atoms with Crippen molar-refractivity contribution in [1.29, 1.82) is 0 Å². The summed E-state index contributed by atoms with van der Waals surface area (Å²) in [6, 6.07) is 16.1. The van der Waals surface area contributed by atoms with Crippen LogP contribution in [-0.2, 0) is 16.1 Å². The molecule has 0 spiro atoms. The normalized spacial score (nSPS) is 18.9. The Morgan fingerprint density at radius 1 is 0.931 bits per heavy atom. The van der Waals surface area contributed by atoms with Crippen LogP contribution in [0.3, 0.4) is 0 Å². The number of amides is 2. The Labute approximate surface area is 174 Å². The third-order valence-corrected chi connectivity index (χ3v) is 6.22. The summed E-state index contributed by atoms with van der Waals surface area (Å²) in [5.41, 5.74) is 4.34. The lowest BCUT2D eigenvalue weighted by atomic mass is 9.80. The van der Waals surface area contributed by atoms with Crippen LogP contribution in [0.2, 0.25) is 0 Å². The van der Waals surface area contributed by atoms with Crippen LogP contribution < -0.4 is 5.32 Å². The molecule has 29 heavy (non-hydrogen) atoms. The number of aryl methyl sites for hydroxylation is 1. The van der Waals surface area contributed by atoms with Gasteiger partial charge in [0.25, 0.3) is 0 Å². The van der Waals surface area contributed by atoms with Crippen molar-refractivity contribution >= 4 is 17.5 Å². The summed E-state index contributed by atoms with van der Waals surface area (Å²) >= 11 is 0. The molecular formula is C25H32N2O2. The highest BCUT2D eigenvalue weighted by Gasteiger charge is 2.32. The Bertz CT molecular complexity index is 839. The third-order valence-electron chi connectivity index (χ3n) is 6.22. The zero-order valence-corrected chi connectivity index (χ0v) is 17.8. The van der Waals surface area contributed by atoms with Gasteiger partial charge in [-0.25, -0.2) is 0 Å². The van der Waals surface area contributed by atoms with E-state index in [1.807, 2.05) is 49.1 Å². The number of rotatable bonds is 6. The fraction of sp³-hybridized carbons (Fsp3) is 0.440. The van der Waals surface area contributed by atoms with Gasteiger partial charge in [-0.2, -0.15) is 0 Å². The highest BCUT2D eigenvalue weighted by atomic mass is 16.2. The van der Waals surface area contributed by atoms with Gasteiger partial charge in [-0.1, -0.05) is 42.5 Å². The second-order valence-electron chi connectivity index (χ2n) is 8.12. The topological polar surface area (TPSA) is 49.4 Å². The lowest BCUT2D eigenvalue weighted by molar-refractivity contribution is -0.138. The molecule has 2 aromatic carbocycles. The summed E-state index contributed by atoms with van der Waals surface area (Å²) in [6.07, 6.45) is 3.12. The summed E-state index contributed by atoms with van der Waals surface area (Å²) in [5.74, 6) is 0.331. The summed E-state index contributed by atoms with van der Waals surface area (Å²) in [5, 5.41) is 3.10. The van der Waals surface area contributed by atoms with Gasteiger partial charge in [0.1, 0.15) is 0 Å². The maximum absolute atomic E-state index is 13.0. The van der Waals surface area contributed by atoms with Crippen LogP contribution in [-0.4, -0.2) is 23.3 Å². The van der Waals surface area contributed by atoms with Gasteiger partial charge >= 0.3 is 0 Å². The van der Waals surface area contributed by atoms with Gasteiger partial charge in [-0.15, -0.1) is 0 Å². The number of nitrogens with one attached hydrogen (secondary N) is 1. The number of anilines is 1. The minimum absolute atomic E-state index is 0.0110. The summed E-state index contributed by atoms with van der Waals surface area (Å²) in [4.78, 5) is 27.7. The molecule has 0 heterocycles. The minimum atomic E-state index is -0.0110. The van der Waals surface area contributed by atoms with Crippen LogP contribution in [0.1, 0.15) is 49.3 Å². The zero-order chi connectivity index (χ0) is 20.8. The number of carbonyl (C=O) groups excluding carboxylic acids is 2. The Kier molecular flexibility index (Phi) is 7.08. The lowest BCUT2D eigenvalue weighted by Crippen LogP contribution is -2.38. The quantitative estimate of drug-likeness (QED) is 0.744. The van der Waals surface area contributed by atoms with Crippen molar-refractivity contribution in [3.8, 4) is 0 Å². The molecule has 0 aliphatic heterocycles. The zero-order valence-electron chi connectivity index (χ0n) is 17.8. The molecule has 4 heteroatoms. The average molecular weight is 393 g/mol. The number of benzene rings is 2. The predicted octanol–water partition coefficient (Wildman–Crippen LogP) is 5.10. The Balaban J connectivity index is 1.54. The Hall–Kier alpha value is -2.62. The molecule has 2 amide bonds. The van der Waals surface area contributed by atoms with Gasteiger partial charge < -0.3 is 10.2 Å². The van der Waals surface area contributed by atoms with E-state index >= 15 is 0 Å². The molecule has 1 saturated carbocycles. The number of hydrogen-bond acceptors (Lipinski definition) is 2. The summed E-state index contributed by atoms with van der Waals surface area (Å²) in [7, 11) is 0. The standard InChI is InChI=1S/C25H32N2O2/c1-4-27(17-20-10-6-5-7-11-20)25(29)22-15-13-21(14-16-22)24(28)26-23-12-8-9-18(2)19(23)3/h5-12,21-22H,4,13-17H2,1-3H3,(H,26,28). The van der Waals surface area contributed by atoms with Crippen molar-refractivity contribution in [2.24, 2.45) is 11.8 Å². The maximum atomic E-state index is 13.0. The molecule has 1 fully saturated rings. The number of carbonyl (C=O) groups is 2. The second kappa shape index (κ2) is 9.73. The summed E-state index contributed by atoms with van der Waals surface area (Å²) in [6.45, 7) is 7.48. The van der Waals surface area contributed by atoms with Crippen molar-refractivity contribution in [2.75, 3.05) is 11.9 Å². The van der Waals surface area contributed by atoms with Crippen LogP contribution in [0.15, 0.2) is 48.5 Å². The van der Waals surface area contributed by atoms with Crippen molar-refractivity contribution in [1.82, 2.24) is 4.90 Å². The largest absolute Gasteiger partial charge is 0.338 e. The molecule has 1 aliphatic rings. The molecule has 0 bridgehead atoms. The van der Waals surface area contributed by atoms with E-state index in [-0.39, 0.29) is 23.7 Å². The highest BCUT2D eigenvalue weighted by Crippen LogP contribution is 2.31. The van der Waals surface area contributed by atoms with E-state index < -0.39 is 0 Å². The smallest absolute Gasteiger partial charge is 0.227 e. The highest BCUT2D eigenvalue weighted by molar-refractivity contribution is 5.93. The minimum Gasteiger partial charge on any atom is -0.338 e. The molecule has 2 aromatic rings. The summed E-state index contributed by atoms with van der Waals surface area (Å²) < 4.78 is 0. The number of nitrogens with zero attached hydrogens (tertiary/aromatic N) is 1. The first kappa shape index (κ1) is 21.1. The fourth-order valence-electron chi connectivity index (χ4n) is 4.13.